The first kappa shape index (κ1) is 27.3. The van der Waals surface area contributed by atoms with Crippen LogP contribution in [0.3, 0.4) is 0 Å². The molecule has 0 amide bonds. The van der Waals surface area contributed by atoms with Crippen molar-refractivity contribution in [3.05, 3.63) is 170 Å². The molecule has 0 atom stereocenters. The molecule has 0 spiro atoms. The molecule has 8 rings (SSSR count). The van der Waals surface area contributed by atoms with Crippen LogP contribution in [0.4, 0.5) is 0 Å². The number of rotatable bonds is 6. The van der Waals surface area contributed by atoms with Crippen LogP contribution < -0.4 is 0 Å². The first-order chi connectivity index (χ1) is 22.8. The molecule has 0 saturated carbocycles. The molecule has 0 aliphatic rings. The van der Waals surface area contributed by atoms with E-state index in [2.05, 4.69) is 114 Å². The molecule has 0 aliphatic carbocycles. The quantitative estimate of drug-likeness (QED) is 0.194. The lowest BCUT2D eigenvalue weighted by atomic mass is 9.95. The summed E-state index contributed by atoms with van der Waals surface area (Å²) in [5.74, 6) is 1.90. The van der Waals surface area contributed by atoms with Crippen molar-refractivity contribution in [2.24, 2.45) is 0 Å². The number of fused-ring (bicyclic) bond motifs is 1. The number of aromatic nitrogens is 4. The lowest BCUT2D eigenvalue weighted by molar-refractivity contribution is 1.07. The van der Waals surface area contributed by atoms with Crippen molar-refractivity contribution in [1.82, 2.24) is 19.9 Å². The van der Waals surface area contributed by atoms with Crippen LogP contribution in [0, 0.1) is 0 Å². The van der Waals surface area contributed by atoms with Gasteiger partial charge < -0.3 is 0 Å². The SMILES string of the molecule is c1ccc(-c2cc(-c3ccc(-c4ccccn4)cc3)cc(-c3nc(-c4ccccc4)nc(-c4ccc5ccccc5c4)n3)c2)cc1. The lowest BCUT2D eigenvalue weighted by Crippen LogP contribution is -2.00. The summed E-state index contributed by atoms with van der Waals surface area (Å²) in [5.41, 5.74) is 9.25. The van der Waals surface area contributed by atoms with Crippen molar-refractivity contribution in [2.75, 3.05) is 0 Å². The zero-order valence-electron chi connectivity index (χ0n) is 25.0. The molecule has 46 heavy (non-hydrogen) atoms. The molecule has 0 unspecified atom stereocenters. The molecule has 2 aromatic heterocycles. The Morgan fingerprint density at radius 2 is 0.783 bits per heavy atom. The first-order valence-electron chi connectivity index (χ1n) is 15.3. The van der Waals surface area contributed by atoms with Crippen LogP contribution in [-0.4, -0.2) is 19.9 Å². The average molecular weight is 589 g/mol. The summed E-state index contributed by atoms with van der Waals surface area (Å²) < 4.78 is 0. The molecule has 0 saturated heterocycles. The maximum absolute atomic E-state index is 5.10. The molecular formula is C42H28N4. The van der Waals surface area contributed by atoms with E-state index in [9.17, 15) is 0 Å². The molecule has 0 radical (unpaired) electrons. The first-order valence-corrected chi connectivity index (χ1v) is 15.3. The van der Waals surface area contributed by atoms with Gasteiger partial charge in [0.1, 0.15) is 0 Å². The number of hydrogen-bond acceptors (Lipinski definition) is 4. The number of nitrogens with zero attached hydrogens (tertiary/aromatic N) is 4. The maximum atomic E-state index is 5.10. The molecule has 4 nitrogen and oxygen atoms in total. The van der Waals surface area contributed by atoms with E-state index < -0.39 is 0 Å². The third-order valence-corrected chi connectivity index (χ3v) is 8.15. The van der Waals surface area contributed by atoms with Crippen molar-refractivity contribution in [3.8, 4) is 67.7 Å². The molecule has 2 heterocycles. The van der Waals surface area contributed by atoms with Crippen molar-refractivity contribution >= 4 is 10.8 Å². The van der Waals surface area contributed by atoms with E-state index in [1.165, 1.54) is 5.39 Å². The average Bonchev–Trinajstić information content (AvgIpc) is 3.15. The summed E-state index contributed by atoms with van der Waals surface area (Å²) in [7, 11) is 0. The standard InChI is InChI=1S/C42H28N4/c1-3-11-29(12-4-1)36-26-37(31-18-21-32(22-19-31)39-17-9-10-24-43-39)28-38(27-36)42-45-40(33-14-5-2-6-15-33)44-41(46-42)35-23-20-30-13-7-8-16-34(30)25-35/h1-28H. The Labute approximate surface area is 267 Å². The Morgan fingerprint density at radius 1 is 0.283 bits per heavy atom. The third kappa shape index (κ3) is 5.56. The van der Waals surface area contributed by atoms with Gasteiger partial charge in [-0.2, -0.15) is 0 Å². The smallest absolute Gasteiger partial charge is 0.164 e. The van der Waals surface area contributed by atoms with Gasteiger partial charge in [-0.15, -0.1) is 0 Å². The highest BCUT2D eigenvalue weighted by Gasteiger charge is 2.15. The highest BCUT2D eigenvalue weighted by molar-refractivity contribution is 5.87. The van der Waals surface area contributed by atoms with Gasteiger partial charge >= 0.3 is 0 Å². The summed E-state index contributed by atoms with van der Waals surface area (Å²) in [6.07, 6.45) is 1.82. The minimum absolute atomic E-state index is 0.626. The Kier molecular flexibility index (Phi) is 7.14. The Bertz CT molecular complexity index is 2280. The molecule has 6 aromatic carbocycles. The maximum Gasteiger partial charge on any atom is 0.164 e. The van der Waals surface area contributed by atoms with Crippen LogP contribution in [0.25, 0.3) is 78.4 Å². The summed E-state index contributed by atoms with van der Waals surface area (Å²) >= 11 is 0. The van der Waals surface area contributed by atoms with E-state index >= 15 is 0 Å². The van der Waals surface area contributed by atoms with Gasteiger partial charge in [0, 0.05) is 28.5 Å². The van der Waals surface area contributed by atoms with Crippen LogP contribution in [0.1, 0.15) is 0 Å². The van der Waals surface area contributed by atoms with Crippen molar-refractivity contribution < 1.29 is 0 Å². The minimum Gasteiger partial charge on any atom is -0.256 e. The van der Waals surface area contributed by atoms with Crippen LogP contribution in [-0.2, 0) is 0 Å². The number of pyridine rings is 1. The second-order valence-corrected chi connectivity index (χ2v) is 11.2. The third-order valence-electron chi connectivity index (χ3n) is 8.15. The van der Waals surface area contributed by atoms with Crippen LogP contribution in [0.2, 0.25) is 0 Å². The van der Waals surface area contributed by atoms with Crippen LogP contribution >= 0.6 is 0 Å². The van der Waals surface area contributed by atoms with Crippen molar-refractivity contribution in [1.29, 1.82) is 0 Å². The van der Waals surface area contributed by atoms with E-state index in [1.807, 2.05) is 60.8 Å². The Hall–Kier alpha value is -6.26. The van der Waals surface area contributed by atoms with Gasteiger partial charge in [-0.25, -0.2) is 15.0 Å². The summed E-state index contributed by atoms with van der Waals surface area (Å²) in [4.78, 5) is 19.7. The van der Waals surface area contributed by atoms with Gasteiger partial charge in [-0.3, -0.25) is 4.98 Å². The van der Waals surface area contributed by atoms with Crippen molar-refractivity contribution in [2.45, 2.75) is 0 Å². The van der Waals surface area contributed by atoms with E-state index in [4.69, 9.17) is 15.0 Å². The highest BCUT2D eigenvalue weighted by Crippen LogP contribution is 2.34. The molecule has 8 aromatic rings. The molecule has 4 heteroatoms. The van der Waals surface area contributed by atoms with E-state index in [0.29, 0.717) is 17.5 Å². The molecule has 0 aliphatic heterocycles. The fourth-order valence-corrected chi connectivity index (χ4v) is 5.77. The van der Waals surface area contributed by atoms with Gasteiger partial charge in [0.2, 0.25) is 0 Å². The molecular weight excluding hydrogens is 560 g/mol. The van der Waals surface area contributed by atoms with Gasteiger partial charge in [0.25, 0.3) is 0 Å². The van der Waals surface area contributed by atoms with Crippen LogP contribution in [0.5, 0.6) is 0 Å². The number of hydrogen-bond donors (Lipinski definition) is 0. The zero-order valence-corrected chi connectivity index (χ0v) is 25.0. The predicted molar refractivity (Wildman–Crippen MR) is 188 cm³/mol. The van der Waals surface area contributed by atoms with E-state index in [1.54, 1.807) is 0 Å². The predicted octanol–water partition coefficient (Wildman–Crippen LogP) is 10.4. The minimum atomic E-state index is 0.626. The number of benzene rings is 6. The summed E-state index contributed by atoms with van der Waals surface area (Å²) in [5, 5.41) is 2.32. The molecule has 216 valence electrons. The fraction of sp³-hybridized carbons (Fsp3) is 0. The van der Waals surface area contributed by atoms with Crippen molar-refractivity contribution in [3.63, 3.8) is 0 Å². The largest absolute Gasteiger partial charge is 0.256 e. The van der Waals surface area contributed by atoms with E-state index in [-0.39, 0.29) is 0 Å². The van der Waals surface area contributed by atoms with Gasteiger partial charge in [-0.1, -0.05) is 127 Å². The summed E-state index contributed by atoms with van der Waals surface area (Å²) in [6, 6.07) is 56.4. The normalized spacial score (nSPS) is 11.0. The Morgan fingerprint density at radius 3 is 1.46 bits per heavy atom. The van der Waals surface area contributed by atoms with Gasteiger partial charge in [0.15, 0.2) is 17.5 Å². The van der Waals surface area contributed by atoms with E-state index in [0.717, 1.165) is 55.6 Å². The lowest BCUT2D eigenvalue weighted by Gasteiger charge is -2.13. The zero-order chi connectivity index (χ0) is 30.7. The monoisotopic (exact) mass is 588 g/mol. The van der Waals surface area contributed by atoms with Gasteiger partial charge in [0.05, 0.1) is 5.69 Å². The highest BCUT2D eigenvalue weighted by atomic mass is 15.0. The molecule has 0 bridgehead atoms. The summed E-state index contributed by atoms with van der Waals surface area (Å²) in [6.45, 7) is 0. The fourth-order valence-electron chi connectivity index (χ4n) is 5.77. The Balaban J connectivity index is 1.30. The molecule has 0 fully saturated rings. The molecule has 0 N–H and O–H groups in total. The topological polar surface area (TPSA) is 51.6 Å². The van der Waals surface area contributed by atoms with Crippen LogP contribution in [0.15, 0.2) is 170 Å². The van der Waals surface area contributed by atoms with Gasteiger partial charge in [-0.05, 0) is 69.4 Å². The second-order valence-electron chi connectivity index (χ2n) is 11.2. The second kappa shape index (κ2) is 12.0.